The predicted octanol–water partition coefficient (Wildman–Crippen LogP) is 3.50. The summed E-state index contributed by atoms with van der Waals surface area (Å²) in [7, 11) is 0. The van der Waals surface area contributed by atoms with Crippen molar-refractivity contribution in [3.05, 3.63) is 108 Å². The zero-order valence-electron chi connectivity index (χ0n) is 17.6. The average molecular weight is 505 g/mol. The Balaban J connectivity index is 0.000000470. The Hall–Kier alpha value is -4.24. The van der Waals surface area contributed by atoms with E-state index in [-0.39, 0.29) is 45.2 Å². The third kappa shape index (κ3) is 9.49. The zero-order valence-corrected chi connectivity index (χ0v) is 18.8. The van der Waals surface area contributed by atoms with Crippen molar-refractivity contribution in [2.75, 3.05) is 0 Å². The number of carboxylic acids is 2. The quantitative estimate of drug-likeness (QED) is 0.306. The normalized spacial score (nSPS) is 8.82. The van der Waals surface area contributed by atoms with Gasteiger partial charge in [0.1, 0.15) is 22.6 Å². The molecule has 2 aromatic heterocycles. The van der Waals surface area contributed by atoms with Crippen molar-refractivity contribution in [1.82, 2.24) is 9.97 Å². The number of hydrogen-bond donors (Lipinski definition) is 4. The summed E-state index contributed by atoms with van der Waals surface area (Å²) in [5.74, 6) is -2.62. The predicted molar refractivity (Wildman–Crippen MR) is 121 cm³/mol. The number of phenols is 2. The second-order valence-corrected chi connectivity index (χ2v) is 6.07. The summed E-state index contributed by atoms with van der Waals surface area (Å²) in [4.78, 5) is 28.9. The van der Waals surface area contributed by atoms with Crippen LogP contribution in [0.25, 0.3) is 11.4 Å². The van der Waals surface area contributed by atoms with Crippen molar-refractivity contribution < 1.29 is 52.6 Å². The van der Waals surface area contributed by atoms with E-state index in [0.29, 0.717) is 0 Å². The number of aromatic carboxylic acids is 2. The van der Waals surface area contributed by atoms with Crippen molar-refractivity contribution in [2.45, 2.75) is 0 Å². The first kappa shape index (κ1) is 29.8. The molecule has 0 amide bonds. The number of para-hydroxylation sites is 2. The first-order valence-corrected chi connectivity index (χ1v) is 9.25. The fraction of sp³-hybridized carbons (Fsp3) is 0. The molecule has 1 radical (unpaired) electrons. The molecule has 0 aliphatic carbocycles. The van der Waals surface area contributed by atoms with Crippen molar-refractivity contribution in [3.8, 4) is 22.9 Å². The van der Waals surface area contributed by atoms with Gasteiger partial charge in [0.15, 0.2) is 0 Å². The molecule has 34 heavy (non-hydrogen) atoms. The molecule has 10 heteroatoms. The minimum absolute atomic E-state index is 0. The van der Waals surface area contributed by atoms with E-state index in [1.807, 2.05) is 36.4 Å². The summed E-state index contributed by atoms with van der Waals surface area (Å²) in [5.41, 5.74) is 1.70. The number of carboxylic acid groups (broad SMARTS) is 2. The number of rotatable bonds is 3. The van der Waals surface area contributed by atoms with Crippen LogP contribution in [0, 0.1) is 0 Å². The van der Waals surface area contributed by atoms with E-state index in [9.17, 15) is 9.59 Å². The van der Waals surface area contributed by atoms with Gasteiger partial charge >= 0.3 is 11.9 Å². The van der Waals surface area contributed by atoms with Gasteiger partial charge in [-0.05, 0) is 48.5 Å². The van der Waals surface area contributed by atoms with Gasteiger partial charge in [-0.25, -0.2) is 9.59 Å². The van der Waals surface area contributed by atoms with Gasteiger partial charge in [-0.3, -0.25) is 9.97 Å². The van der Waals surface area contributed by atoms with Crippen LogP contribution in [0.3, 0.4) is 0 Å². The van der Waals surface area contributed by atoms with E-state index in [4.69, 9.17) is 20.4 Å². The third-order valence-electron chi connectivity index (χ3n) is 3.86. The maximum atomic E-state index is 10.3. The van der Waals surface area contributed by atoms with Gasteiger partial charge in [-0.2, -0.15) is 0 Å². The molecular weight excluding hydrogens is 483 g/mol. The average Bonchev–Trinajstić information content (AvgIpc) is 2.81. The van der Waals surface area contributed by atoms with Crippen LogP contribution in [-0.2, 0) is 17.1 Å². The molecule has 4 rings (SSSR count). The van der Waals surface area contributed by atoms with Gasteiger partial charge in [0.25, 0.3) is 0 Å². The molecule has 9 nitrogen and oxygen atoms in total. The molecule has 0 saturated heterocycles. The number of aromatic nitrogens is 2. The van der Waals surface area contributed by atoms with Crippen LogP contribution < -0.4 is 0 Å². The van der Waals surface area contributed by atoms with Crippen LogP contribution in [0.5, 0.6) is 11.5 Å². The van der Waals surface area contributed by atoms with E-state index < -0.39 is 11.9 Å². The Kier molecular flexibility index (Phi) is 13.6. The van der Waals surface area contributed by atoms with Gasteiger partial charge < -0.3 is 25.9 Å². The summed E-state index contributed by atoms with van der Waals surface area (Å²) in [5, 5.41) is 34.6. The van der Waals surface area contributed by atoms with Crippen molar-refractivity contribution in [3.63, 3.8) is 0 Å². The van der Waals surface area contributed by atoms with E-state index >= 15 is 0 Å². The summed E-state index contributed by atoms with van der Waals surface area (Å²) in [6, 6.07) is 23.2. The van der Waals surface area contributed by atoms with Gasteiger partial charge in [-0.1, -0.05) is 36.4 Å². The molecule has 0 bridgehead atoms. The summed E-state index contributed by atoms with van der Waals surface area (Å²) >= 11 is 0. The Morgan fingerprint density at radius 3 is 1.12 bits per heavy atom. The van der Waals surface area contributed by atoms with Gasteiger partial charge in [-0.15, -0.1) is 0 Å². The number of nitrogens with zero attached hydrogens (tertiary/aromatic N) is 2. The summed E-state index contributed by atoms with van der Waals surface area (Å²) in [6.07, 6.45) is 3.54. The first-order valence-electron chi connectivity index (χ1n) is 9.25. The summed E-state index contributed by atoms with van der Waals surface area (Å²) in [6.45, 7) is 0. The van der Waals surface area contributed by atoms with Crippen LogP contribution in [0.2, 0.25) is 0 Å². The molecule has 6 N–H and O–H groups in total. The number of pyridine rings is 2. The molecule has 0 unspecified atom stereocenters. The van der Waals surface area contributed by atoms with E-state index in [0.717, 1.165) is 11.4 Å². The fourth-order valence-corrected chi connectivity index (χ4v) is 2.34. The molecular formula is C24H22MnN2O7. The maximum absolute atomic E-state index is 10.3. The zero-order chi connectivity index (χ0) is 23.3. The van der Waals surface area contributed by atoms with Crippen molar-refractivity contribution in [2.24, 2.45) is 0 Å². The number of aromatic hydroxyl groups is 2. The van der Waals surface area contributed by atoms with Crippen LogP contribution in [-0.4, -0.2) is 47.8 Å². The van der Waals surface area contributed by atoms with Crippen LogP contribution in [0.15, 0.2) is 97.3 Å². The molecule has 0 fully saturated rings. The molecule has 0 aliphatic heterocycles. The number of carbonyl (C=O) groups is 2. The number of benzene rings is 2. The van der Waals surface area contributed by atoms with Gasteiger partial charge in [0.2, 0.25) is 0 Å². The largest absolute Gasteiger partial charge is 0.507 e. The minimum Gasteiger partial charge on any atom is -0.507 e. The molecule has 4 aromatic rings. The third-order valence-corrected chi connectivity index (χ3v) is 3.86. The van der Waals surface area contributed by atoms with Crippen LogP contribution in [0.4, 0.5) is 0 Å². The van der Waals surface area contributed by atoms with E-state index in [2.05, 4.69) is 9.97 Å². The second-order valence-electron chi connectivity index (χ2n) is 6.07. The van der Waals surface area contributed by atoms with Crippen molar-refractivity contribution >= 4 is 11.9 Å². The first-order chi connectivity index (χ1) is 15.4. The van der Waals surface area contributed by atoms with Crippen molar-refractivity contribution in [1.29, 1.82) is 0 Å². The van der Waals surface area contributed by atoms with E-state index in [1.54, 1.807) is 36.7 Å². The number of hydrogen-bond acceptors (Lipinski definition) is 6. The summed E-state index contributed by atoms with van der Waals surface area (Å²) < 4.78 is 0. The van der Waals surface area contributed by atoms with E-state index in [1.165, 1.54) is 24.3 Å². The van der Waals surface area contributed by atoms with Crippen LogP contribution in [0.1, 0.15) is 20.7 Å². The Morgan fingerprint density at radius 2 is 0.882 bits per heavy atom. The molecule has 2 heterocycles. The second kappa shape index (κ2) is 15.5. The molecule has 0 aliphatic rings. The topological polar surface area (TPSA) is 172 Å². The molecule has 0 saturated carbocycles. The molecule has 0 spiro atoms. The monoisotopic (exact) mass is 505 g/mol. The smallest absolute Gasteiger partial charge is 0.339 e. The molecule has 177 valence electrons. The minimum atomic E-state index is -1.11. The van der Waals surface area contributed by atoms with Gasteiger partial charge in [0.05, 0.1) is 11.4 Å². The van der Waals surface area contributed by atoms with Crippen LogP contribution >= 0.6 is 0 Å². The fourth-order valence-electron chi connectivity index (χ4n) is 2.34. The SMILES string of the molecule is O.O=C(O)c1ccccc1O.O=C(O)c1ccccc1O.[Mn].c1ccc(-c2ccccn2)nc1. The Labute approximate surface area is 205 Å². The maximum Gasteiger partial charge on any atom is 0.339 e. The van der Waals surface area contributed by atoms with Gasteiger partial charge in [0, 0.05) is 29.5 Å². The Morgan fingerprint density at radius 1 is 0.559 bits per heavy atom. The Bertz CT molecular complexity index is 1070. The molecule has 0 atom stereocenters. The molecule has 2 aromatic carbocycles. The standard InChI is InChI=1S/C10H8N2.2C7H6O3.Mn.H2O/c1-3-7-11-9(5-1)10-6-2-4-8-12-10;2*8-6-4-2-1-3-5(6)7(9)10;;/h1-8H;2*1-4,8H,(H,9,10);;1H2.